The number of carbonyl (C=O) groups is 1. The molecule has 0 spiro atoms. The summed E-state index contributed by atoms with van der Waals surface area (Å²) < 4.78 is 5.57. The molecule has 0 radical (unpaired) electrons. The summed E-state index contributed by atoms with van der Waals surface area (Å²) in [4.78, 5) is 14.7. The molecule has 106 valence electrons. The standard InChI is InChI=1S/C15H13N3O3/c16-15(19)18(20)10-4-6-12-5-3-7-13(11-12)21-14-8-1-2-9-17-14/h1-3,5,7-9,11,20H,10H2,(H2,16,19). The lowest BCUT2D eigenvalue weighted by Crippen LogP contribution is -2.32. The highest BCUT2D eigenvalue weighted by Gasteiger charge is 2.01. The fourth-order valence-electron chi connectivity index (χ4n) is 1.46. The molecule has 6 heteroatoms. The number of primary amides is 1. The molecule has 0 saturated carbocycles. The van der Waals surface area contributed by atoms with Gasteiger partial charge in [0.15, 0.2) is 0 Å². The van der Waals surface area contributed by atoms with Gasteiger partial charge >= 0.3 is 6.03 Å². The second-order valence-corrected chi connectivity index (χ2v) is 4.00. The van der Waals surface area contributed by atoms with Crippen LogP contribution in [-0.2, 0) is 0 Å². The average molecular weight is 283 g/mol. The number of rotatable bonds is 3. The summed E-state index contributed by atoms with van der Waals surface area (Å²) in [6, 6.07) is 11.5. The van der Waals surface area contributed by atoms with Crippen LogP contribution in [0.1, 0.15) is 5.56 Å². The van der Waals surface area contributed by atoms with Crippen LogP contribution in [-0.4, -0.2) is 27.8 Å². The predicted octanol–water partition coefficient (Wildman–Crippen LogP) is 2.00. The topological polar surface area (TPSA) is 88.7 Å². The third kappa shape index (κ3) is 4.53. The minimum atomic E-state index is -0.948. The maximum Gasteiger partial charge on any atom is 0.339 e. The molecule has 0 atom stereocenters. The maximum atomic E-state index is 10.6. The van der Waals surface area contributed by atoms with Crippen molar-refractivity contribution in [3.8, 4) is 23.5 Å². The first-order chi connectivity index (χ1) is 10.1. The van der Waals surface area contributed by atoms with E-state index >= 15 is 0 Å². The quantitative estimate of drug-likeness (QED) is 0.512. The SMILES string of the molecule is NC(=O)N(O)CC#Cc1cccc(Oc2ccccn2)c1. The number of hydrogen-bond acceptors (Lipinski definition) is 4. The Kier molecular flexibility index (Phi) is 4.75. The Hall–Kier alpha value is -3.04. The molecule has 0 fully saturated rings. The van der Waals surface area contributed by atoms with Crippen molar-refractivity contribution in [3.05, 3.63) is 54.2 Å². The van der Waals surface area contributed by atoms with Crippen LogP contribution in [0.25, 0.3) is 0 Å². The van der Waals surface area contributed by atoms with Gasteiger partial charge in [-0.3, -0.25) is 5.21 Å². The lowest BCUT2D eigenvalue weighted by Gasteiger charge is -2.06. The Morgan fingerprint density at radius 1 is 1.33 bits per heavy atom. The third-order valence-corrected chi connectivity index (χ3v) is 2.41. The molecular weight excluding hydrogens is 270 g/mol. The van der Waals surface area contributed by atoms with Crippen LogP contribution < -0.4 is 10.5 Å². The minimum absolute atomic E-state index is 0.166. The summed E-state index contributed by atoms with van der Waals surface area (Å²) >= 11 is 0. The molecule has 1 heterocycles. The van der Waals surface area contributed by atoms with Gasteiger partial charge in [-0.05, 0) is 24.3 Å². The normalized spacial score (nSPS) is 9.38. The molecule has 1 aromatic heterocycles. The van der Waals surface area contributed by atoms with E-state index in [1.165, 1.54) is 0 Å². The van der Waals surface area contributed by atoms with Crippen molar-refractivity contribution in [1.29, 1.82) is 0 Å². The van der Waals surface area contributed by atoms with Crippen molar-refractivity contribution >= 4 is 6.03 Å². The van der Waals surface area contributed by atoms with Crippen LogP contribution in [0.15, 0.2) is 48.7 Å². The highest BCUT2D eigenvalue weighted by molar-refractivity contribution is 5.70. The summed E-state index contributed by atoms with van der Waals surface area (Å²) in [5.74, 6) is 6.50. The molecule has 1 aromatic carbocycles. The van der Waals surface area contributed by atoms with Crippen molar-refractivity contribution in [1.82, 2.24) is 10.0 Å². The molecule has 0 aliphatic heterocycles. The van der Waals surface area contributed by atoms with Crippen LogP contribution in [0, 0.1) is 11.8 Å². The summed E-state index contributed by atoms with van der Waals surface area (Å²) in [5, 5.41) is 9.41. The van der Waals surface area contributed by atoms with E-state index in [-0.39, 0.29) is 6.54 Å². The van der Waals surface area contributed by atoms with Gasteiger partial charge in [-0.25, -0.2) is 9.78 Å². The average Bonchev–Trinajstić information content (AvgIpc) is 2.48. The van der Waals surface area contributed by atoms with E-state index in [0.717, 1.165) is 0 Å². The van der Waals surface area contributed by atoms with Gasteiger partial charge in [-0.15, -0.1) is 0 Å². The Morgan fingerprint density at radius 3 is 2.90 bits per heavy atom. The zero-order chi connectivity index (χ0) is 15.1. The molecular formula is C15H13N3O3. The molecule has 0 aliphatic carbocycles. The van der Waals surface area contributed by atoms with Gasteiger partial charge < -0.3 is 10.5 Å². The van der Waals surface area contributed by atoms with Crippen LogP contribution in [0.4, 0.5) is 4.79 Å². The number of carbonyl (C=O) groups excluding carboxylic acids is 1. The molecule has 0 saturated heterocycles. The maximum absolute atomic E-state index is 10.6. The Labute approximate surface area is 121 Å². The number of hydrogen-bond donors (Lipinski definition) is 2. The van der Waals surface area contributed by atoms with Crippen LogP contribution in [0.3, 0.4) is 0 Å². The van der Waals surface area contributed by atoms with Crippen molar-refractivity contribution in [2.24, 2.45) is 5.73 Å². The summed E-state index contributed by atoms with van der Waals surface area (Å²) in [7, 11) is 0. The predicted molar refractivity (Wildman–Crippen MR) is 75.7 cm³/mol. The van der Waals surface area contributed by atoms with E-state index in [0.29, 0.717) is 22.3 Å². The monoisotopic (exact) mass is 283 g/mol. The molecule has 6 nitrogen and oxygen atoms in total. The zero-order valence-electron chi connectivity index (χ0n) is 11.1. The molecule has 0 aliphatic rings. The van der Waals surface area contributed by atoms with E-state index in [2.05, 4.69) is 16.8 Å². The zero-order valence-corrected chi connectivity index (χ0v) is 11.1. The van der Waals surface area contributed by atoms with E-state index in [1.807, 2.05) is 6.07 Å². The number of pyridine rings is 1. The van der Waals surface area contributed by atoms with E-state index in [9.17, 15) is 4.79 Å². The van der Waals surface area contributed by atoms with Gasteiger partial charge in [0.25, 0.3) is 0 Å². The number of ether oxygens (including phenoxy) is 1. The molecule has 2 rings (SSSR count). The van der Waals surface area contributed by atoms with Gasteiger partial charge in [-0.1, -0.05) is 24.0 Å². The van der Waals surface area contributed by atoms with Crippen molar-refractivity contribution in [2.75, 3.05) is 6.54 Å². The molecule has 21 heavy (non-hydrogen) atoms. The lowest BCUT2D eigenvalue weighted by molar-refractivity contribution is -0.0269. The summed E-state index contributed by atoms with van der Waals surface area (Å²) in [6.45, 7) is -0.166. The number of aromatic nitrogens is 1. The molecule has 3 N–H and O–H groups in total. The van der Waals surface area contributed by atoms with Crippen LogP contribution in [0.5, 0.6) is 11.6 Å². The second kappa shape index (κ2) is 6.93. The van der Waals surface area contributed by atoms with Crippen LogP contribution >= 0.6 is 0 Å². The van der Waals surface area contributed by atoms with E-state index < -0.39 is 6.03 Å². The highest BCUT2D eigenvalue weighted by Crippen LogP contribution is 2.19. The smallest absolute Gasteiger partial charge is 0.339 e. The molecule has 2 amide bonds. The van der Waals surface area contributed by atoms with E-state index in [4.69, 9.17) is 15.7 Å². The summed E-state index contributed by atoms with van der Waals surface area (Å²) in [5.41, 5.74) is 5.55. The second-order valence-electron chi connectivity index (χ2n) is 4.00. The molecule has 2 aromatic rings. The Bertz CT molecular complexity index is 677. The van der Waals surface area contributed by atoms with Gasteiger partial charge in [-0.2, -0.15) is 5.06 Å². The van der Waals surface area contributed by atoms with Crippen LogP contribution in [0.2, 0.25) is 0 Å². The van der Waals surface area contributed by atoms with E-state index in [1.54, 1.807) is 42.6 Å². The Morgan fingerprint density at radius 2 is 2.19 bits per heavy atom. The Balaban J connectivity index is 2.05. The molecule has 0 unspecified atom stereocenters. The first-order valence-electron chi connectivity index (χ1n) is 6.09. The number of urea groups is 1. The number of amides is 2. The fourth-order valence-corrected chi connectivity index (χ4v) is 1.46. The highest BCUT2D eigenvalue weighted by atomic mass is 16.5. The summed E-state index contributed by atoms with van der Waals surface area (Å²) in [6.07, 6.45) is 1.64. The van der Waals surface area contributed by atoms with Crippen molar-refractivity contribution in [2.45, 2.75) is 0 Å². The van der Waals surface area contributed by atoms with Gasteiger partial charge in [0.05, 0.1) is 0 Å². The minimum Gasteiger partial charge on any atom is -0.439 e. The number of nitrogens with zero attached hydrogens (tertiary/aromatic N) is 2. The first-order valence-corrected chi connectivity index (χ1v) is 6.09. The number of nitrogens with two attached hydrogens (primary N) is 1. The van der Waals surface area contributed by atoms with Gasteiger partial charge in [0.1, 0.15) is 12.3 Å². The largest absolute Gasteiger partial charge is 0.439 e. The lowest BCUT2D eigenvalue weighted by atomic mass is 10.2. The fraction of sp³-hybridized carbons (Fsp3) is 0.0667. The number of hydroxylamine groups is 2. The third-order valence-electron chi connectivity index (χ3n) is 2.41. The number of benzene rings is 1. The van der Waals surface area contributed by atoms with Crippen molar-refractivity contribution in [3.63, 3.8) is 0 Å². The van der Waals surface area contributed by atoms with Crippen molar-refractivity contribution < 1.29 is 14.7 Å². The molecule has 0 bridgehead atoms. The van der Waals surface area contributed by atoms with Gasteiger partial charge in [0.2, 0.25) is 5.88 Å². The van der Waals surface area contributed by atoms with Gasteiger partial charge in [0, 0.05) is 17.8 Å². The first kappa shape index (κ1) is 14.4.